The lowest BCUT2D eigenvalue weighted by Crippen LogP contribution is -2.26. The fourth-order valence-electron chi connectivity index (χ4n) is 3.15. The Morgan fingerprint density at radius 1 is 1.10 bits per heavy atom. The smallest absolute Gasteiger partial charge is 0.0936 e. The molecule has 3 heteroatoms. The van der Waals surface area contributed by atoms with Gasteiger partial charge in [-0.1, -0.05) is 48.5 Å². The third kappa shape index (κ3) is 3.26. The standard InChI is InChI=1S/C18H22N2O/c19-17-9-5-4-8-16(17)18(21)13-20-11-10-15(12-20)14-6-2-1-3-7-14/h1-9,15,18,21H,10-13,19H2. The molecule has 2 unspecified atom stereocenters. The molecule has 3 N–H and O–H groups in total. The number of anilines is 1. The van der Waals surface area contributed by atoms with Crippen LogP contribution in [0.25, 0.3) is 0 Å². The van der Waals surface area contributed by atoms with E-state index >= 15 is 0 Å². The molecule has 0 spiro atoms. The Balaban J connectivity index is 1.61. The summed E-state index contributed by atoms with van der Waals surface area (Å²) in [6.45, 7) is 2.69. The zero-order chi connectivity index (χ0) is 14.7. The van der Waals surface area contributed by atoms with Crippen LogP contribution in [0.3, 0.4) is 0 Å². The molecule has 21 heavy (non-hydrogen) atoms. The molecule has 2 atom stereocenters. The lowest BCUT2D eigenvalue weighted by molar-refractivity contribution is 0.126. The van der Waals surface area contributed by atoms with Gasteiger partial charge in [0.1, 0.15) is 0 Å². The molecular weight excluding hydrogens is 260 g/mol. The van der Waals surface area contributed by atoms with E-state index in [1.807, 2.05) is 24.3 Å². The third-order valence-corrected chi connectivity index (χ3v) is 4.33. The average Bonchev–Trinajstić information content (AvgIpc) is 2.97. The molecule has 1 saturated heterocycles. The maximum Gasteiger partial charge on any atom is 0.0936 e. The Bertz CT molecular complexity index is 585. The Kier molecular flexibility index (Phi) is 4.23. The van der Waals surface area contributed by atoms with E-state index < -0.39 is 6.10 Å². The number of hydrogen-bond acceptors (Lipinski definition) is 3. The molecule has 3 rings (SSSR count). The number of likely N-dealkylation sites (tertiary alicyclic amines) is 1. The number of benzene rings is 2. The van der Waals surface area contributed by atoms with Crippen LogP contribution in [0.2, 0.25) is 0 Å². The molecule has 0 bridgehead atoms. The topological polar surface area (TPSA) is 49.5 Å². The first-order valence-corrected chi connectivity index (χ1v) is 7.54. The minimum atomic E-state index is -0.513. The highest BCUT2D eigenvalue weighted by Crippen LogP contribution is 2.29. The predicted octanol–water partition coefficient (Wildman–Crippen LogP) is 2.79. The molecule has 0 aromatic heterocycles. The molecule has 1 heterocycles. The van der Waals surface area contributed by atoms with Gasteiger partial charge in [-0.2, -0.15) is 0 Å². The van der Waals surface area contributed by atoms with E-state index in [0.717, 1.165) is 25.1 Å². The summed E-state index contributed by atoms with van der Waals surface area (Å²) in [4.78, 5) is 2.33. The number of nitrogens with two attached hydrogens (primary N) is 1. The maximum atomic E-state index is 10.4. The molecule has 2 aromatic carbocycles. The minimum absolute atomic E-state index is 0.513. The van der Waals surface area contributed by atoms with Crippen LogP contribution in [0.15, 0.2) is 54.6 Å². The first kappa shape index (κ1) is 14.1. The average molecular weight is 282 g/mol. The number of nitrogens with zero attached hydrogens (tertiary/aromatic N) is 1. The van der Waals surface area contributed by atoms with E-state index in [2.05, 4.69) is 35.2 Å². The monoisotopic (exact) mass is 282 g/mol. The van der Waals surface area contributed by atoms with Crippen molar-refractivity contribution in [3.05, 3.63) is 65.7 Å². The van der Waals surface area contributed by atoms with Crippen molar-refractivity contribution in [1.29, 1.82) is 0 Å². The highest BCUT2D eigenvalue weighted by atomic mass is 16.3. The van der Waals surface area contributed by atoms with Crippen molar-refractivity contribution in [1.82, 2.24) is 4.90 Å². The zero-order valence-corrected chi connectivity index (χ0v) is 12.2. The summed E-state index contributed by atoms with van der Waals surface area (Å²) in [5, 5.41) is 10.4. The third-order valence-electron chi connectivity index (χ3n) is 4.33. The largest absolute Gasteiger partial charge is 0.398 e. The number of aliphatic hydroxyl groups is 1. The van der Waals surface area contributed by atoms with Gasteiger partial charge in [-0.3, -0.25) is 4.90 Å². The second-order valence-corrected chi connectivity index (χ2v) is 5.80. The first-order chi connectivity index (χ1) is 10.2. The fourth-order valence-corrected chi connectivity index (χ4v) is 3.15. The van der Waals surface area contributed by atoms with Crippen LogP contribution in [0.1, 0.15) is 29.6 Å². The molecule has 1 aliphatic heterocycles. The predicted molar refractivity (Wildman–Crippen MR) is 86.1 cm³/mol. The van der Waals surface area contributed by atoms with E-state index in [1.165, 1.54) is 5.56 Å². The van der Waals surface area contributed by atoms with Crippen LogP contribution >= 0.6 is 0 Å². The SMILES string of the molecule is Nc1ccccc1C(O)CN1CCC(c2ccccc2)C1. The Labute approximate surface area is 126 Å². The number of β-amino-alcohol motifs (C(OH)–C–C–N with tert-alkyl or cyclic N) is 1. The molecular formula is C18H22N2O. The van der Waals surface area contributed by atoms with Gasteiger partial charge in [-0.25, -0.2) is 0 Å². The fraction of sp³-hybridized carbons (Fsp3) is 0.333. The van der Waals surface area contributed by atoms with E-state index in [4.69, 9.17) is 5.73 Å². The minimum Gasteiger partial charge on any atom is -0.398 e. The summed E-state index contributed by atoms with van der Waals surface area (Å²) in [7, 11) is 0. The number of aliphatic hydroxyl groups excluding tert-OH is 1. The Hall–Kier alpha value is -1.84. The molecule has 3 nitrogen and oxygen atoms in total. The van der Waals surface area contributed by atoms with Crippen molar-refractivity contribution in [3.63, 3.8) is 0 Å². The summed E-state index contributed by atoms with van der Waals surface area (Å²) in [5.41, 5.74) is 8.84. The van der Waals surface area contributed by atoms with Crippen LogP contribution in [-0.2, 0) is 0 Å². The van der Waals surface area contributed by atoms with Crippen LogP contribution in [0.5, 0.6) is 0 Å². The maximum absolute atomic E-state index is 10.4. The summed E-state index contributed by atoms with van der Waals surface area (Å²) >= 11 is 0. The number of hydrogen-bond donors (Lipinski definition) is 2. The normalized spacial score (nSPS) is 20.5. The highest BCUT2D eigenvalue weighted by Gasteiger charge is 2.25. The van der Waals surface area contributed by atoms with Gasteiger partial charge in [0.15, 0.2) is 0 Å². The Morgan fingerprint density at radius 2 is 1.81 bits per heavy atom. The molecule has 0 saturated carbocycles. The van der Waals surface area contributed by atoms with Gasteiger partial charge in [0, 0.05) is 24.3 Å². The lowest BCUT2D eigenvalue weighted by Gasteiger charge is -2.21. The van der Waals surface area contributed by atoms with Crippen molar-refractivity contribution in [3.8, 4) is 0 Å². The summed E-state index contributed by atoms with van der Waals surface area (Å²) < 4.78 is 0. The summed E-state index contributed by atoms with van der Waals surface area (Å²) in [6.07, 6.45) is 0.641. The van der Waals surface area contributed by atoms with Crippen LogP contribution in [0, 0.1) is 0 Å². The van der Waals surface area contributed by atoms with E-state index in [-0.39, 0.29) is 0 Å². The second kappa shape index (κ2) is 6.29. The highest BCUT2D eigenvalue weighted by molar-refractivity contribution is 5.47. The molecule has 0 aliphatic carbocycles. The summed E-state index contributed by atoms with van der Waals surface area (Å²) in [5.74, 6) is 0.575. The zero-order valence-electron chi connectivity index (χ0n) is 12.2. The lowest BCUT2D eigenvalue weighted by atomic mass is 9.99. The van der Waals surface area contributed by atoms with Crippen LogP contribution in [0.4, 0.5) is 5.69 Å². The van der Waals surface area contributed by atoms with E-state index in [9.17, 15) is 5.11 Å². The van der Waals surface area contributed by atoms with Crippen LogP contribution in [-0.4, -0.2) is 29.6 Å². The molecule has 110 valence electrons. The quantitative estimate of drug-likeness (QED) is 0.848. The first-order valence-electron chi connectivity index (χ1n) is 7.54. The van der Waals surface area contributed by atoms with Crippen molar-refractivity contribution in [2.75, 3.05) is 25.4 Å². The van der Waals surface area contributed by atoms with Gasteiger partial charge in [0.25, 0.3) is 0 Å². The molecule has 2 aromatic rings. The molecule has 0 amide bonds. The van der Waals surface area contributed by atoms with Gasteiger partial charge in [0.05, 0.1) is 6.10 Å². The summed E-state index contributed by atoms with van der Waals surface area (Å²) in [6, 6.07) is 18.2. The second-order valence-electron chi connectivity index (χ2n) is 5.80. The number of para-hydroxylation sites is 1. The molecule has 1 fully saturated rings. The van der Waals surface area contributed by atoms with Gasteiger partial charge in [-0.15, -0.1) is 0 Å². The Morgan fingerprint density at radius 3 is 2.57 bits per heavy atom. The van der Waals surface area contributed by atoms with E-state index in [0.29, 0.717) is 18.2 Å². The molecule has 0 radical (unpaired) electrons. The van der Waals surface area contributed by atoms with Gasteiger partial charge in [0.2, 0.25) is 0 Å². The number of nitrogen functional groups attached to an aromatic ring is 1. The van der Waals surface area contributed by atoms with Gasteiger partial charge in [-0.05, 0) is 30.5 Å². The van der Waals surface area contributed by atoms with Gasteiger partial charge >= 0.3 is 0 Å². The van der Waals surface area contributed by atoms with Crippen molar-refractivity contribution in [2.45, 2.75) is 18.4 Å². The van der Waals surface area contributed by atoms with Crippen molar-refractivity contribution < 1.29 is 5.11 Å². The number of rotatable bonds is 4. The van der Waals surface area contributed by atoms with Crippen molar-refractivity contribution in [2.24, 2.45) is 0 Å². The van der Waals surface area contributed by atoms with Crippen LogP contribution < -0.4 is 5.73 Å². The van der Waals surface area contributed by atoms with Crippen molar-refractivity contribution >= 4 is 5.69 Å². The molecule has 1 aliphatic rings. The van der Waals surface area contributed by atoms with E-state index in [1.54, 1.807) is 0 Å². The van der Waals surface area contributed by atoms with Gasteiger partial charge < -0.3 is 10.8 Å².